The lowest BCUT2D eigenvalue weighted by molar-refractivity contribution is -0.125. The lowest BCUT2D eigenvalue weighted by Crippen LogP contribution is -2.47. The lowest BCUT2D eigenvalue weighted by atomic mass is 9.86. The predicted octanol–water partition coefficient (Wildman–Crippen LogP) is 3.91. The van der Waals surface area contributed by atoms with E-state index in [0.29, 0.717) is 30.6 Å². The summed E-state index contributed by atoms with van der Waals surface area (Å²) in [5.41, 5.74) is 1.55. The molecule has 0 spiro atoms. The van der Waals surface area contributed by atoms with Crippen molar-refractivity contribution in [2.75, 3.05) is 31.5 Å². The van der Waals surface area contributed by atoms with Gasteiger partial charge >= 0.3 is 10.2 Å². The van der Waals surface area contributed by atoms with Crippen molar-refractivity contribution in [2.45, 2.75) is 71.3 Å². The largest absolute Gasteiger partial charge is 0.328 e. The first-order chi connectivity index (χ1) is 16.2. The number of anilines is 1. The number of nitrogens with zero attached hydrogens (tertiary/aromatic N) is 4. The number of imidazole rings is 1. The number of rotatable bonds is 8. The second-order valence-corrected chi connectivity index (χ2v) is 12.2. The van der Waals surface area contributed by atoms with Crippen LogP contribution in [0.15, 0.2) is 18.2 Å². The molecule has 3 rings (SSSR count). The number of likely N-dealkylation sites (N-methyl/N-ethyl adjacent to an activating group) is 2. The molecule has 1 aromatic heterocycles. The van der Waals surface area contributed by atoms with Crippen molar-refractivity contribution in [1.82, 2.24) is 19.2 Å². The number of aromatic nitrogens is 2. The maximum atomic E-state index is 13.7. The molecule has 1 amide bonds. The van der Waals surface area contributed by atoms with Gasteiger partial charge in [-0.3, -0.25) is 9.10 Å². The van der Waals surface area contributed by atoms with Crippen LogP contribution in [-0.2, 0) is 27.0 Å². The minimum Gasteiger partial charge on any atom is -0.327 e. The van der Waals surface area contributed by atoms with Crippen molar-refractivity contribution >= 4 is 32.8 Å². The molecule has 0 unspecified atom stereocenters. The van der Waals surface area contributed by atoms with E-state index >= 15 is 0 Å². The van der Waals surface area contributed by atoms with Crippen LogP contribution in [0.5, 0.6) is 0 Å². The highest BCUT2D eigenvalue weighted by molar-refractivity contribution is 7.91. The third kappa shape index (κ3) is 5.77. The van der Waals surface area contributed by atoms with Gasteiger partial charge in [0, 0.05) is 38.4 Å². The number of alkyl halides is 2. The fourth-order valence-electron chi connectivity index (χ4n) is 4.60. The topological polar surface area (TPSA) is 87.5 Å². The Morgan fingerprint density at radius 2 is 1.89 bits per heavy atom. The van der Waals surface area contributed by atoms with Gasteiger partial charge < -0.3 is 9.88 Å². The first-order valence-electron chi connectivity index (χ1n) is 12.0. The van der Waals surface area contributed by atoms with E-state index in [0.717, 1.165) is 20.0 Å². The van der Waals surface area contributed by atoms with Crippen LogP contribution in [0.1, 0.15) is 59.2 Å². The molecule has 1 aliphatic rings. The van der Waals surface area contributed by atoms with Gasteiger partial charge in [-0.05, 0) is 50.9 Å². The molecule has 0 aliphatic heterocycles. The van der Waals surface area contributed by atoms with Gasteiger partial charge in [-0.1, -0.05) is 20.8 Å². The van der Waals surface area contributed by atoms with Crippen LogP contribution in [0.4, 0.5) is 14.5 Å². The molecule has 1 fully saturated rings. The van der Waals surface area contributed by atoms with E-state index in [-0.39, 0.29) is 37.3 Å². The molecular weight excluding hydrogens is 476 g/mol. The molecule has 0 bridgehead atoms. The fourth-order valence-corrected chi connectivity index (χ4v) is 5.92. The first kappa shape index (κ1) is 27.3. The molecule has 35 heavy (non-hydrogen) atoms. The average molecular weight is 514 g/mol. The molecule has 1 aliphatic carbocycles. The van der Waals surface area contributed by atoms with Crippen LogP contribution in [-0.4, -0.2) is 61.3 Å². The highest BCUT2D eigenvalue weighted by Gasteiger charge is 2.36. The van der Waals surface area contributed by atoms with Crippen LogP contribution in [0, 0.1) is 5.92 Å². The summed E-state index contributed by atoms with van der Waals surface area (Å²) in [7, 11) is -1.09. The van der Waals surface area contributed by atoms with Crippen LogP contribution < -0.4 is 9.62 Å². The van der Waals surface area contributed by atoms with Gasteiger partial charge in [0.05, 0.1) is 23.3 Å². The van der Waals surface area contributed by atoms with Crippen molar-refractivity contribution in [3.63, 3.8) is 0 Å². The van der Waals surface area contributed by atoms with E-state index in [2.05, 4.69) is 9.88 Å². The predicted molar refractivity (Wildman–Crippen MR) is 134 cm³/mol. The number of hydrogen-bond donors (Lipinski definition) is 1. The Morgan fingerprint density at radius 3 is 2.43 bits per heavy atom. The van der Waals surface area contributed by atoms with Gasteiger partial charge in [0.2, 0.25) is 5.92 Å². The maximum absolute atomic E-state index is 13.7. The quantitative estimate of drug-likeness (QED) is 0.578. The summed E-state index contributed by atoms with van der Waals surface area (Å²) < 4.78 is 57.7. The van der Waals surface area contributed by atoms with E-state index in [1.807, 2.05) is 26.8 Å². The Bertz CT molecular complexity index is 1160. The smallest absolute Gasteiger partial charge is 0.327 e. The average Bonchev–Trinajstić information content (AvgIpc) is 3.13. The molecular formula is C24H37F2N5O3S. The Labute approximate surface area is 206 Å². The van der Waals surface area contributed by atoms with Gasteiger partial charge in [-0.15, -0.1) is 0 Å². The number of amides is 1. The zero-order chi connectivity index (χ0) is 26.2. The maximum Gasteiger partial charge on any atom is 0.328 e. The number of hydrogen-bond acceptors (Lipinski definition) is 5. The highest BCUT2D eigenvalue weighted by Crippen LogP contribution is 2.38. The van der Waals surface area contributed by atoms with E-state index in [4.69, 9.17) is 4.98 Å². The van der Waals surface area contributed by atoms with Gasteiger partial charge in [0.1, 0.15) is 5.82 Å². The summed E-state index contributed by atoms with van der Waals surface area (Å²) in [6.45, 7) is 8.26. The van der Waals surface area contributed by atoms with Crippen LogP contribution >= 0.6 is 0 Å². The Morgan fingerprint density at radius 1 is 1.26 bits per heavy atom. The van der Waals surface area contributed by atoms with Crippen molar-refractivity contribution < 1.29 is 22.0 Å². The Hall–Kier alpha value is -2.27. The summed E-state index contributed by atoms with van der Waals surface area (Å²) in [6.07, 6.45) is 0.732. The molecule has 1 aromatic carbocycles. The van der Waals surface area contributed by atoms with Crippen molar-refractivity contribution in [3.8, 4) is 0 Å². The third-order valence-corrected chi connectivity index (χ3v) is 8.48. The standard InChI is InChI=1S/C24H37F2N5O3S/c1-7-31(21(32)15-27-5)35(33,34)29(6)18-8-9-20-19(14-18)28-22(23(2,3)4)30(20)16-17-10-12-24(25,26)13-11-17/h8-9,14,17,27H,7,10-13,15-16H2,1-6H3. The van der Waals surface area contributed by atoms with Crippen molar-refractivity contribution in [2.24, 2.45) is 5.92 Å². The number of nitrogens with one attached hydrogen (secondary N) is 1. The van der Waals surface area contributed by atoms with Crippen molar-refractivity contribution in [3.05, 3.63) is 24.0 Å². The molecule has 8 nitrogen and oxygen atoms in total. The molecule has 1 N–H and O–H groups in total. The van der Waals surface area contributed by atoms with Gasteiger partial charge in [-0.25, -0.2) is 18.1 Å². The van der Waals surface area contributed by atoms with Gasteiger partial charge in [0.25, 0.3) is 5.91 Å². The second-order valence-electron chi connectivity index (χ2n) is 10.3. The SMILES string of the molecule is CCN(C(=O)CNC)S(=O)(=O)N(C)c1ccc2c(c1)nc(C(C)(C)C)n2CC1CCC(F)(F)CC1. The number of carbonyl (C=O) groups is 1. The molecule has 196 valence electrons. The molecule has 0 radical (unpaired) electrons. The molecule has 1 saturated carbocycles. The minimum atomic E-state index is -4.09. The van der Waals surface area contributed by atoms with Crippen LogP contribution in [0.3, 0.4) is 0 Å². The molecule has 0 saturated heterocycles. The highest BCUT2D eigenvalue weighted by atomic mass is 32.2. The molecule has 0 atom stereocenters. The number of benzene rings is 1. The molecule has 11 heteroatoms. The van der Waals surface area contributed by atoms with Crippen LogP contribution in [0.2, 0.25) is 0 Å². The Balaban J connectivity index is 1.97. The summed E-state index contributed by atoms with van der Waals surface area (Å²) >= 11 is 0. The van der Waals surface area contributed by atoms with E-state index in [9.17, 15) is 22.0 Å². The fraction of sp³-hybridized carbons (Fsp3) is 0.667. The Kier molecular flexibility index (Phi) is 7.81. The van der Waals surface area contributed by atoms with E-state index in [1.54, 1.807) is 26.1 Å². The number of fused-ring (bicyclic) bond motifs is 1. The number of carbonyl (C=O) groups excluding carboxylic acids is 1. The van der Waals surface area contributed by atoms with Crippen molar-refractivity contribution in [1.29, 1.82) is 0 Å². The first-order valence-corrected chi connectivity index (χ1v) is 13.4. The second kappa shape index (κ2) is 10.0. The van der Waals surface area contributed by atoms with E-state index in [1.165, 1.54) is 7.05 Å². The summed E-state index contributed by atoms with van der Waals surface area (Å²) in [5.74, 6) is -2.16. The minimum absolute atomic E-state index is 0.0126. The normalized spacial score (nSPS) is 17.0. The zero-order valence-electron chi connectivity index (χ0n) is 21.4. The number of halogens is 2. The molecule has 2 aromatic rings. The van der Waals surface area contributed by atoms with E-state index < -0.39 is 22.0 Å². The van der Waals surface area contributed by atoms with Gasteiger partial charge in [-0.2, -0.15) is 8.42 Å². The summed E-state index contributed by atoms with van der Waals surface area (Å²) in [5, 5.41) is 2.69. The monoisotopic (exact) mass is 513 g/mol. The van der Waals surface area contributed by atoms with Gasteiger partial charge in [0.15, 0.2) is 0 Å². The summed E-state index contributed by atoms with van der Waals surface area (Å²) in [4.78, 5) is 17.2. The molecule has 1 heterocycles. The van der Waals surface area contributed by atoms with Crippen LogP contribution in [0.25, 0.3) is 11.0 Å². The zero-order valence-corrected chi connectivity index (χ0v) is 22.3. The third-order valence-electron chi connectivity index (χ3n) is 6.56. The summed E-state index contributed by atoms with van der Waals surface area (Å²) in [6, 6.07) is 5.21. The lowest BCUT2D eigenvalue weighted by Gasteiger charge is -2.30.